The van der Waals surface area contributed by atoms with Crippen molar-refractivity contribution in [1.29, 1.82) is 0 Å². The molecule has 0 spiro atoms. The third-order valence-electron chi connectivity index (χ3n) is 3.58. The van der Waals surface area contributed by atoms with Gasteiger partial charge in [-0.3, -0.25) is 4.79 Å². The third kappa shape index (κ3) is 3.46. The Morgan fingerprint density at radius 1 is 1.62 bits per heavy atom. The van der Waals surface area contributed by atoms with Gasteiger partial charge in [0.25, 0.3) is 0 Å². The molecule has 2 unspecified atom stereocenters. The van der Waals surface area contributed by atoms with E-state index in [-0.39, 0.29) is 23.8 Å². The van der Waals surface area contributed by atoms with Gasteiger partial charge in [-0.25, -0.2) is 0 Å². The molecular formula is C14H18ClN3O3. The zero-order chi connectivity index (χ0) is 15.4. The van der Waals surface area contributed by atoms with Gasteiger partial charge in [-0.2, -0.15) is 0 Å². The summed E-state index contributed by atoms with van der Waals surface area (Å²) in [5, 5.41) is 14.8. The number of anilines is 1. The summed E-state index contributed by atoms with van der Waals surface area (Å²) in [6.07, 6.45) is 1.42. The lowest BCUT2D eigenvalue weighted by molar-refractivity contribution is -0.121. The van der Waals surface area contributed by atoms with E-state index in [0.29, 0.717) is 29.3 Å². The van der Waals surface area contributed by atoms with E-state index in [9.17, 15) is 4.79 Å². The highest BCUT2D eigenvalue weighted by Crippen LogP contribution is 2.28. The van der Waals surface area contributed by atoms with Crippen molar-refractivity contribution in [2.75, 3.05) is 11.9 Å². The summed E-state index contributed by atoms with van der Waals surface area (Å²) in [5.74, 6) is -0.353. The molecule has 1 aromatic carbocycles. The third-order valence-corrected chi connectivity index (χ3v) is 3.91. The van der Waals surface area contributed by atoms with Gasteiger partial charge in [-0.15, -0.1) is 0 Å². The molecule has 0 radical (unpaired) electrons. The first kappa shape index (κ1) is 15.6. The summed E-state index contributed by atoms with van der Waals surface area (Å²) in [6.45, 7) is 2.58. The number of carbonyl (C=O) groups is 1. The maximum absolute atomic E-state index is 12.3. The Morgan fingerprint density at radius 3 is 3.05 bits per heavy atom. The standard InChI is InChI=1S/C14H18ClN3O3/c1-2-12-9(5-6-21-12)14(19)17-11-7-8(13(16)18-20)3-4-10(11)15/h3-4,7,9,12,20H,2,5-6H2,1H3,(H2,16,18)(H,17,19). The van der Waals surface area contributed by atoms with Crippen molar-refractivity contribution in [3.8, 4) is 0 Å². The van der Waals surface area contributed by atoms with Crippen LogP contribution in [0.4, 0.5) is 5.69 Å². The topological polar surface area (TPSA) is 96.9 Å². The zero-order valence-corrected chi connectivity index (χ0v) is 12.4. The minimum atomic E-state index is -0.182. The monoisotopic (exact) mass is 311 g/mol. The number of benzene rings is 1. The fraction of sp³-hybridized carbons (Fsp3) is 0.429. The average Bonchev–Trinajstić information content (AvgIpc) is 2.97. The van der Waals surface area contributed by atoms with Gasteiger partial charge in [0.15, 0.2) is 5.84 Å². The summed E-state index contributed by atoms with van der Waals surface area (Å²) in [7, 11) is 0. The van der Waals surface area contributed by atoms with E-state index < -0.39 is 0 Å². The van der Waals surface area contributed by atoms with Gasteiger partial charge < -0.3 is 21.0 Å². The van der Waals surface area contributed by atoms with Crippen molar-refractivity contribution >= 4 is 29.0 Å². The van der Waals surface area contributed by atoms with Gasteiger partial charge in [-0.05, 0) is 31.0 Å². The van der Waals surface area contributed by atoms with E-state index in [2.05, 4.69) is 10.5 Å². The molecule has 6 nitrogen and oxygen atoms in total. The molecule has 2 rings (SSSR count). The van der Waals surface area contributed by atoms with Crippen LogP contribution in [0.25, 0.3) is 0 Å². The molecule has 0 saturated carbocycles. The maximum atomic E-state index is 12.3. The number of halogens is 1. The molecule has 21 heavy (non-hydrogen) atoms. The molecule has 0 aromatic heterocycles. The van der Waals surface area contributed by atoms with E-state index >= 15 is 0 Å². The van der Waals surface area contributed by atoms with Crippen LogP contribution in [-0.2, 0) is 9.53 Å². The van der Waals surface area contributed by atoms with Crippen LogP contribution in [0.15, 0.2) is 23.4 Å². The summed E-state index contributed by atoms with van der Waals surface area (Å²) in [5.41, 5.74) is 6.45. The van der Waals surface area contributed by atoms with Crippen LogP contribution < -0.4 is 11.1 Å². The van der Waals surface area contributed by atoms with Crippen LogP contribution >= 0.6 is 11.6 Å². The van der Waals surface area contributed by atoms with Crippen LogP contribution in [0.2, 0.25) is 5.02 Å². The summed E-state index contributed by atoms with van der Waals surface area (Å²) in [4.78, 5) is 12.3. The van der Waals surface area contributed by atoms with Crippen LogP contribution in [0.1, 0.15) is 25.3 Å². The highest BCUT2D eigenvalue weighted by molar-refractivity contribution is 6.34. The highest BCUT2D eigenvalue weighted by atomic mass is 35.5. The largest absolute Gasteiger partial charge is 0.409 e. The van der Waals surface area contributed by atoms with Gasteiger partial charge in [0.05, 0.1) is 22.7 Å². The summed E-state index contributed by atoms with van der Waals surface area (Å²) in [6, 6.07) is 4.78. The SMILES string of the molecule is CCC1OCCC1C(=O)Nc1cc(/C(N)=N/O)ccc1Cl. The normalized spacial score (nSPS) is 22.3. The Hall–Kier alpha value is -1.79. The van der Waals surface area contributed by atoms with Crippen LogP contribution in [0, 0.1) is 5.92 Å². The molecule has 0 aliphatic carbocycles. The quantitative estimate of drug-likeness (QED) is 0.343. The molecule has 1 aliphatic rings. The lowest BCUT2D eigenvalue weighted by Crippen LogP contribution is -2.29. The fourth-order valence-electron chi connectivity index (χ4n) is 2.41. The smallest absolute Gasteiger partial charge is 0.230 e. The predicted octanol–water partition coefficient (Wildman–Crippen LogP) is 2.19. The second-order valence-electron chi connectivity index (χ2n) is 4.88. The number of carbonyl (C=O) groups excluding carboxylic acids is 1. The minimum absolute atomic E-state index is 0.0437. The van der Waals surface area contributed by atoms with Gasteiger partial charge in [0.1, 0.15) is 0 Å². The van der Waals surface area contributed by atoms with Crippen LogP contribution in [0.3, 0.4) is 0 Å². The number of oxime groups is 1. The Bertz CT molecular complexity index is 562. The summed E-state index contributed by atoms with van der Waals surface area (Å²) < 4.78 is 5.52. The highest BCUT2D eigenvalue weighted by Gasteiger charge is 2.33. The molecule has 1 heterocycles. The number of nitrogens with one attached hydrogen (secondary N) is 1. The van der Waals surface area contributed by atoms with E-state index in [1.54, 1.807) is 18.2 Å². The van der Waals surface area contributed by atoms with Gasteiger partial charge in [0, 0.05) is 12.2 Å². The molecular weight excluding hydrogens is 294 g/mol. The fourth-order valence-corrected chi connectivity index (χ4v) is 2.58. The van der Waals surface area contributed by atoms with Crippen molar-refractivity contribution in [3.63, 3.8) is 0 Å². The van der Waals surface area contributed by atoms with E-state index in [4.69, 9.17) is 27.3 Å². The van der Waals surface area contributed by atoms with E-state index in [1.807, 2.05) is 6.92 Å². The molecule has 0 bridgehead atoms. The van der Waals surface area contributed by atoms with Crippen molar-refractivity contribution in [1.82, 2.24) is 0 Å². The number of ether oxygens (including phenoxy) is 1. The average molecular weight is 312 g/mol. The molecule has 1 aromatic rings. The van der Waals surface area contributed by atoms with Gasteiger partial charge in [-0.1, -0.05) is 23.7 Å². The van der Waals surface area contributed by atoms with E-state index in [0.717, 1.165) is 6.42 Å². The first-order valence-electron chi connectivity index (χ1n) is 6.76. The van der Waals surface area contributed by atoms with E-state index in [1.165, 1.54) is 0 Å². The number of amidine groups is 1. The van der Waals surface area contributed by atoms with Crippen molar-refractivity contribution < 1.29 is 14.7 Å². The summed E-state index contributed by atoms with van der Waals surface area (Å²) >= 11 is 6.08. The Kier molecular flexibility index (Phi) is 5.03. The maximum Gasteiger partial charge on any atom is 0.230 e. The molecule has 7 heteroatoms. The molecule has 1 saturated heterocycles. The molecule has 4 N–H and O–H groups in total. The van der Waals surface area contributed by atoms with Crippen LogP contribution in [-0.4, -0.2) is 29.7 Å². The Morgan fingerprint density at radius 2 is 2.38 bits per heavy atom. The molecule has 1 fully saturated rings. The molecule has 1 amide bonds. The predicted molar refractivity (Wildman–Crippen MR) is 80.7 cm³/mol. The second-order valence-corrected chi connectivity index (χ2v) is 5.29. The first-order chi connectivity index (χ1) is 10.1. The second kappa shape index (κ2) is 6.78. The molecule has 2 atom stereocenters. The molecule has 114 valence electrons. The number of nitrogens with zero attached hydrogens (tertiary/aromatic N) is 1. The number of hydrogen-bond acceptors (Lipinski definition) is 4. The minimum Gasteiger partial charge on any atom is -0.409 e. The number of nitrogens with two attached hydrogens (primary N) is 1. The van der Waals surface area contributed by atoms with Gasteiger partial charge in [0.2, 0.25) is 5.91 Å². The molecule has 1 aliphatic heterocycles. The zero-order valence-electron chi connectivity index (χ0n) is 11.7. The number of amides is 1. The van der Waals surface area contributed by atoms with Crippen molar-refractivity contribution in [2.45, 2.75) is 25.9 Å². The van der Waals surface area contributed by atoms with Crippen molar-refractivity contribution in [2.24, 2.45) is 16.8 Å². The first-order valence-corrected chi connectivity index (χ1v) is 7.14. The Labute approximate surface area is 127 Å². The van der Waals surface area contributed by atoms with Crippen molar-refractivity contribution in [3.05, 3.63) is 28.8 Å². The Balaban J connectivity index is 2.17. The van der Waals surface area contributed by atoms with Crippen LogP contribution in [0.5, 0.6) is 0 Å². The number of rotatable bonds is 4. The lowest BCUT2D eigenvalue weighted by atomic mass is 9.98. The number of hydrogen-bond donors (Lipinski definition) is 3. The lowest BCUT2D eigenvalue weighted by Gasteiger charge is -2.17. The van der Waals surface area contributed by atoms with Gasteiger partial charge >= 0.3 is 0 Å².